The fourth-order valence-electron chi connectivity index (χ4n) is 1.11. The van der Waals surface area contributed by atoms with Crippen molar-refractivity contribution >= 4 is 30.0 Å². The Labute approximate surface area is 102 Å². The van der Waals surface area contributed by atoms with E-state index in [-0.39, 0.29) is 16.4 Å². The van der Waals surface area contributed by atoms with E-state index < -0.39 is 12.0 Å². The minimum absolute atomic E-state index is 0.0947. The molecule has 1 rings (SSSR count). The van der Waals surface area contributed by atoms with Gasteiger partial charge in [-0.1, -0.05) is 6.07 Å². The first-order valence-electron chi connectivity index (χ1n) is 4.34. The van der Waals surface area contributed by atoms with Gasteiger partial charge in [-0.25, -0.2) is 0 Å². The fourth-order valence-corrected chi connectivity index (χ4v) is 1.44. The third-order valence-corrected chi connectivity index (χ3v) is 2.78. The lowest BCUT2D eigenvalue weighted by Gasteiger charge is -2.11. The molecule has 16 heavy (non-hydrogen) atoms. The van der Waals surface area contributed by atoms with Gasteiger partial charge in [-0.05, 0) is 24.6 Å². The van der Waals surface area contributed by atoms with E-state index in [0.717, 1.165) is 0 Å². The van der Waals surface area contributed by atoms with Crippen LogP contribution in [0.4, 0.5) is 8.78 Å². The zero-order valence-electron chi connectivity index (χ0n) is 8.28. The Morgan fingerprint density at radius 2 is 2.12 bits per heavy atom. The van der Waals surface area contributed by atoms with Gasteiger partial charge < -0.3 is 4.74 Å². The summed E-state index contributed by atoms with van der Waals surface area (Å²) in [6.45, 7) is -1.62. The predicted molar refractivity (Wildman–Crippen MR) is 59.6 cm³/mol. The van der Waals surface area contributed by atoms with Crippen LogP contribution in [-0.4, -0.2) is 12.4 Å². The average molecular weight is 267 g/mol. The molecule has 1 atom stereocenters. The summed E-state index contributed by atoms with van der Waals surface area (Å²) in [5.74, 6) is -0.362. The third kappa shape index (κ3) is 3.35. The van der Waals surface area contributed by atoms with Crippen molar-refractivity contribution in [3.63, 3.8) is 0 Å². The van der Waals surface area contributed by atoms with E-state index in [2.05, 4.69) is 17.4 Å². The highest BCUT2D eigenvalue weighted by atomic mass is 35.5. The van der Waals surface area contributed by atoms with Crippen LogP contribution in [0.2, 0.25) is 0 Å². The number of hydrogen-bond acceptors (Lipinski definition) is 3. The zero-order valence-corrected chi connectivity index (χ0v) is 9.93. The first kappa shape index (κ1) is 13.3. The summed E-state index contributed by atoms with van der Waals surface area (Å²) >= 11 is 9.74. The van der Waals surface area contributed by atoms with E-state index in [9.17, 15) is 13.6 Å². The van der Waals surface area contributed by atoms with Crippen LogP contribution in [0.5, 0.6) is 5.75 Å². The molecule has 0 aliphatic rings. The summed E-state index contributed by atoms with van der Waals surface area (Å²) in [7, 11) is 0. The molecule has 88 valence electrons. The molecule has 1 aromatic rings. The normalized spacial score (nSPS) is 12.6. The van der Waals surface area contributed by atoms with Gasteiger partial charge in [-0.2, -0.15) is 8.78 Å². The van der Waals surface area contributed by atoms with Crippen molar-refractivity contribution in [3.05, 3.63) is 23.8 Å². The maximum absolute atomic E-state index is 12.0. The second kappa shape index (κ2) is 5.50. The van der Waals surface area contributed by atoms with Crippen LogP contribution in [0, 0.1) is 0 Å². The number of halogens is 3. The first-order valence-corrected chi connectivity index (χ1v) is 5.22. The number of carbonyl (C=O) groups is 1. The summed E-state index contributed by atoms with van der Waals surface area (Å²) in [5, 5.41) is -0.867. The Balaban J connectivity index is 3.02. The summed E-state index contributed by atoms with van der Waals surface area (Å²) < 4.78 is 28.3. The van der Waals surface area contributed by atoms with E-state index in [1.54, 1.807) is 6.07 Å². The van der Waals surface area contributed by atoms with Gasteiger partial charge in [0.15, 0.2) is 5.78 Å². The van der Waals surface area contributed by atoms with Crippen LogP contribution in [0.1, 0.15) is 17.9 Å². The molecule has 0 saturated heterocycles. The third-order valence-electron chi connectivity index (χ3n) is 1.85. The molecular weight excluding hydrogens is 258 g/mol. The lowest BCUT2D eigenvalue weighted by Crippen LogP contribution is -2.05. The van der Waals surface area contributed by atoms with Crippen LogP contribution < -0.4 is 4.74 Å². The number of carbonyl (C=O) groups excluding carboxylic acids is 1. The van der Waals surface area contributed by atoms with E-state index in [1.165, 1.54) is 19.1 Å². The molecule has 6 heteroatoms. The molecule has 2 nitrogen and oxygen atoms in total. The molecule has 1 unspecified atom stereocenters. The van der Waals surface area contributed by atoms with Crippen LogP contribution in [-0.2, 0) is 4.79 Å². The van der Waals surface area contributed by atoms with Crippen molar-refractivity contribution < 1.29 is 18.3 Å². The van der Waals surface area contributed by atoms with Gasteiger partial charge in [-0.3, -0.25) is 4.79 Å². The number of Topliss-reactive ketones (excluding diaryl/α,β-unsaturated/α-hetero) is 1. The molecule has 0 N–H and O–H groups in total. The Bertz CT molecular complexity index is 398. The Hall–Kier alpha value is -0.810. The lowest BCUT2D eigenvalue weighted by atomic mass is 10.1. The molecule has 0 aliphatic carbocycles. The molecule has 0 aliphatic heterocycles. The predicted octanol–water partition coefficient (Wildman–Crippen LogP) is 3.45. The number of hydrogen-bond donors (Lipinski definition) is 1. The second-order valence-corrected chi connectivity index (χ2v) is 4.00. The summed E-state index contributed by atoms with van der Waals surface area (Å²) in [4.78, 5) is 11.3. The van der Waals surface area contributed by atoms with Crippen LogP contribution in [0.3, 0.4) is 0 Å². The average Bonchev–Trinajstić information content (AvgIpc) is 2.19. The first-order chi connectivity index (χ1) is 7.41. The Morgan fingerprint density at radius 1 is 1.50 bits per heavy atom. The minimum Gasteiger partial charge on any atom is -0.434 e. The zero-order chi connectivity index (χ0) is 12.3. The van der Waals surface area contributed by atoms with Crippen molar-refractivity contribution in [2.75, 3.05) is 0 Å². The monoisotopic (exact) mass is 266 g/mol. The lowest BCUT2D eigenvalue weighted by molar-refractivity contribution is -0.116. The largest absolute Gasteiger partial charge is 0.434 e. The second-order valence-electron chi connectivity index (χ2n) is 3.08. The van der Waals surface area contributed by atoms with Crippen molar-refractivity contribution in [2.45, 2.75) is 23.8 Å². The molecule has 0 spiro atoms. The number of thiol groups is 1. The van der Waals surface area contributed by atoms with Gasteiger partial charge in [0, 0.05) is 4.90 Å². The van der Waals surface area contributed by atoms with Crippen LogP contribution >= 0.6 is 24.2 Å². The number of alkyl halides is 3. The van der Waals surface area contributed by atoms with Gasteiger partial charge in [0.25, 0.3) is 0 Å². The van der Waals surface area contributed by atoms with Crippen molar-refractivity contribution in [1.82, 2.24) is 0 Å². The minimum atomic E-state index is -2.94. The Morgan fingerprint density at radius 3 is 2.62 bits per heavy atom. The maximum Gasteiger partial charge on any atom is 0.387 e. The maximum atomic E-state index is 12.0. The SMILES string of the molecule is CC(=O)C(Cl)c1ccc(S)c(OC(F)F)c1. The fraction of sp³-hybridized carbons (Fsp3) is 0.300. The molecular formula is C10H9ClF2O2S. The molecule has 0 aromatic heterocycles. The number of benzene rings is 1. The molecule has 0 heterocycles. The smallest absolute Gasteiger partial charge is 0.387 e. The van der Waals surface area contributed by atoms with E-state index in [1.807, 2.05) is 0 Å². The highest BCUT2D eigenvalue weighted by Crippen LogP contribution is 2.30. The van der Waals surface area contributed by atoms with Crippen LogP contribution in [0.25, 0.3) is 0 Å². The van der Waals surface area contributed by atoms with E-state index in [4.69, 9.17) is 11.6 Å². The highest BCUT2D eigenvalue weighted by Gasteiger charge is 2.16. The summed E-state index contributed by atoms with van der Waals surface area (Å²) in [6, 6.07) is 4.28. The molecule has 0 fully saturated rings. The number of rotatable bonds is 4. The topological polar surface area (TPSA) is 26.3 Å². The van der Waals surface area contributed by atoms with Gasteiger partial charge >= 0.3 is 6.61 Å². The van der Waals surface area contributed by atoms with Gasteiger partial charge in [0.05, 0.1) is 0 Å². The van der Waals surface area contributed by atoms with Gasteiger partial charge in [0.1, 0.15) is 11.1 Å². The standard InChI is InChI=1S/C10H9ClF2O2S/c1-5(14)9(11)6-2-3-8(16)7(4-6)15-10(12)13/h2-4,9-10,16H,1H3. The molecule has 0 saturated carbocycles. The van der Waals surface area contributed by atoms with Crippen LogP contribution in [0.15, 0.2) is 23.1 Å². The number of ketones is 1. The molecule has 1 aromatic carbocycles. The van der Waals surface area contributed by atoms with Gasteiger partial charge in [0.2, 0.25) is 0 Å². The highest BCUT2D eigenvalue weighted by molar-refractivity contribution is 7.80. The Kier molecular flexibility index (Phi) is 4.56. The summed E-state index contributed by atoms with van der Waals surface area (Å²) in [5.41, 5.74) is 0.405. The van der Waals surface area contributed by atoms with Crippen molar-refractivity contribution in [1.29, 1.82) is 0 Å². The van der Waals surface area contributed by atoms with Crippen molar-refractivity contribution in [2.24, 2.45) is 0 Å². The summed E-state index contributed by atoms with van der Waals surface area (Å²) in [6.07, 6.45) is 0. The molecule has 0 radical (unpaired) electrons. The van der Waals surface area contributed by atoms with Crippen molar-refractivity contribution in [3.8, 4) is 5.75 Å². The van der Waals surface area contributed by atoms with Gasteiger partial charge in [-0.15, -0.1) is 24.2 Å². The molecule has 0 bridgehead atoms. The number of ether oxygens (including phenoxy) is 1. The van der Waals surface area contributed by atoms with E-state index in [0.29, 0.717) is 5.56 Å². The molecule has 0 amide bonds. The van der Waals surface area contributed by atoms with E-state index >= 15 is 0 Å². The quantitative estimate of drug-likeness (QED) is 0.667.